The van der Waals surface area contributed by atoms with E-state index in [1.54, 1.807) is 7.11 Å². The van der Waals surface area contributed by atoms with Gasteiger partial charge in [0, 0.05) is 29.6 Å². The summed E-state index contributed by atoms with van der Waals surface area (Å²) in [4.78, 5) is 25.7. The van der Waals surface area contributed by atoms with Gasteiger partial charge in [-0.15, -0.1) is 0 Å². The molecule has 0 unspecified atom stereocenters. The Bertz CT molecular complexity index is 1040. The number of aromatic nitrogens is 1. The minimum Gasteiger partial charge on any atom is -0.497 e. The molecule has 1 amide bonds. The number of carbonyl (C=O) groups excluding carboxylic acids is 2. The van der Waals surface area contributed by atoms with E-state index < -0.39 is 0 Å². The normalized spacial score (nSPS) is 15.1. The molecule has 0 spiro atoms. The Labute approximate surface area is 163 Å². The van der Waals surface area contributed by atoms with Gasteiger partial charge in [-0.25, -0.2) is 0 Å². The van der Waals surface area contributed by atoms with E-state index in [4.69, 9.17) is 4.74 Å². The van der Waals surface area contributed by atoms with Crippen LogP contribution in [0.15, 0.2) is 60.7 Å². The molecule has 1 atom stereocenters. The van der Waals surface area contributed by atoms with Gasteiger partial charge < -0.3 is 14.6 Å². The van der Waals surface area contributed by atoms with Crippen molar-refractivity contribution in [3.63, 3.8) is 0 Å². The highest BCUT2D eigenvalue weighted by atomic mass is 16.5. The molecule has 1 aliphatic heterocycles. The van der Waals surface area contributed by atoms with Crippen LogP contribution in [0.5, 0.6) is 5.75 Å². The standard InChI is InChI=1S/C23H22N2O3/c1-15-8-9-17(28-2)14-19(15)24-23(27)18-12-13-25-20(18)10-11-21(25)22(26)16-6-4-3-5-7-16/h3-11,14,18H,12-13H2,1-2H3,(H,24,27)/t18-/m1/s1. The third-order valence-corrected chi connectivity index (χ3v) is 5.30. The number of amides is 1. The number of hydrogen-bond donors (Lipinski definition) is 1. The van der Waals surface area contributed by atoms with Gasteiger partial charge in [0.2, 0.25) is 11.7 Å². The van der Waals surface area contributed by atoms with Gasteiger partial charge in [-0.2, -0.15) is 0 Å². The smallest absolute Gasteiger partial charge is 0.233 e. The molecule has 0 aliphatic carbocycles. The van der Waals surface area contributed by atoms with E-state index in [2.05, 4.69) is 5.32 Å². The van der Waals surface area contributed by atoms with Gasteiger partial charge in [0.1, 0.15) is 5.75 Å². The van der Waals surface area contributed by atoms with Crippen LogP contribution in [0.4, 0.5) is 5.69 Å². The molecule has 2 aromatic carbocycles. The molecule has 0 radical (unpaired) electrons. The zero-order valence-corrected chi connectivity index (χ0v) is 15.9. The molecule has 142 valence electrons. The van der Waals surface area contributed by atoms with Crippen LogP contribution < -0.4 is 10.1 Å². The van der Waals surface area contributed by atoms with Crippen LogP contribution >= 0.6 is 0 Å². The maximum absolute atomic E-state index is 12.9. The topological polar surface area (TPSA) is 60.3 Å². The van der Waals surface area contributed by atoms with E-state index in [9.17, 15) is 9.59 Å². The first-order valence-electron chi connectivity index (χ1n) is 9.33. The number of hydrogen-bond acceptors (Lipinski definition) is 3. The lowest BCUT2D eigenvalue weighted by atomic mass is 10.0. The Morgan fingerprint density at radius 2 is 1.86 bits per heavy atom. The molecule has 0 saturated heterocycles. The van der Waals surface area contributed by atoms with Gasteiger partial charge >= 0.3 is 0 Å². The van der Waals surface area contributed by atoms with Crippen LogP contribution in [-0.4, -0.2) is 23.4 Å². The SMILES string of the molecule is COc1ccc(C)c(NC(=O)[C@@H]2CCn3c(C(=O)c4ccccc4)ccc32)c1. The summed E-state index contributed by atoms with van der Waals surface area (Å²) in [5, 5.41) is 3.02. The Morgan fingerprint density at radius 1 is 1.07 bits per heavy atom. The van der Waals surface area contributed by atoms with Crippen LogP contribution in [0.3, 0.4) is 0 Å². The van der Waals surface area contributed by atoms with Crippen LogP contribution in [0.1, 0.15) is 39.6 Å². The number of benzene rings is 2. The number of nitrogens with zero attached hydrogens (tertiary/aromatic N) is 1. The van der Waals surface area contributed by atoms with E-state index in [1.165, 1.54) is 0 Å². The highest BCUT2D eigenvalue weighted by Crippen LogP contribution is 2.33. The second-order valence-electron chi connectivity index (χ2n) is 7.00. The monoisotopic (exact) mass is 374 g/mol. The quantitative estimate of drug-likeness (QED) is 0.682. The predicted octanol–water partition coefficient (Wildman–Crippen LogP) is 4.16. The average molecular weight is 374 g/mol. The van der Waals surface area contributed by atoms with Crippen molar-refractivity contribution in [3.8, 4) is 5.75 Å². The van der Waals surface area contributed by atoms with Gasteiger partial charge in [0.25, 0.3) is 0 Å². The van der Waals surface area contributed by atoms with Crippen molar-refractivity contribution in [1.29, 1.82) is 0 Å². The first-order chi connectivity index (χ1) is 13.6. The molecule has 0 bridgehead atoms. The summed E-state index contributed by atoms with van der Waals surface area (Å²) in [7, 11) is 1.60. The molecular weight excluding hydrogens is 352 g/mol. The summed E-state index contributed by atoms with van der Waals surface area (Å²) in [5.74, 6) is 0.345. The predicted molar refractivity (Wildman–Crippen MR) is 108 cm³/mol. The summed E-state index contributed by atoms with van der Waals surface area (Å²) >= 11 is 0. The maximum atomic E-state index is 12.9. The lowest BCUT2D eigenvalue weighted by Gasteiger charge is -2.13. The molecule has 1 aliphatic rings. The van der Waals surface area contributed by atoms with Gasteiger partial charge in [-0.3, -0.25) is 9.59 Å². The average Bonchev–Trinajstić information content (AvgIpc) is 3.32. The Hall–Kier alpha value is -3.34. The minimum atomic E-state index is -0.275. The first-order valence-corrected chi connectivity index (χ1v) is 9.33. The van der Waals surface area contributed by atoms with Crippen LogP contribution in [0, 0.1) is 6.92 Å². The lowest BCUT2D eigenvalue weighted by Crippen LogP contribution is -2.20. The van der Waals surface area contributed by atoms with Gasteiger partial charge in [-0.1, -0.05) is 36.4 Å². The molecule has 3 aromatic rings. The minimum absolute atomic E-state index is 0.0171. The van der Waals surface area contributed by atoms with Crippen molar-refractivity contribution in [2.24, 2.45) is 0 Å². The number of rotatable bonds is 5. The van der Waals surface area contributed by atoms with Crippen LogP contribution in [0.25, 0.3) is 0 Å². The fraction of sp³-hybridized carbons (Fsp3) is 0.217. The highest BCUT2D eigenvalue weighted by molar-refractivity contribution is 6.08. The van der Waals surface area contributed by atoms with Crippen LogP contribution in [-0.2, 0) is 11.3 Å². The van der Waals surface area contributed by atoms with Crippen LogP contribution in [0.2, 0.25) is 0 Å². The van der Waals surface area contributed by atoms with Crippen molar-refractivity contribution >= 4 is 17.4 Å². The van der Waals surface area contributed by atoms with Crippen molar-refractivity contribution in [1.82, 2.24) is 4.57 Å². The molecule has 0 saturated carbocycles. The largest absolute Gasteiger partial charge is 0.497 e. The lowest BCUT2D eigenvalue weighted by molar-refractivity contribution is -0.117. The molecule has 2 heterocycles. The summed E-state index contributed by atoms with van der Waals surface area (Å²) in [5.41, 5.74) is 3.90. The van der Waals surface area contributed by atoms with Gasteiger partial charge in [0.15, 0.2) is 0 Å². The third-order valence-electron chi connectivity index (χ3n) is 5.30. The van der Waals surface area contributed by atoms with E-state index in [-0.39, 0.29) is 17.6 Å². The van der Waals surface area contributed by atoms with E-state index in [0.29, 0.717) is 30.0 Å². The van der Waals surface area contributed by atoms with Gasteiger partial charge in [-0.05, 0) is 37.1 Å². The van der Waals surface area contributed by atoms with Crippen molar-refractivity contribution in [2.75, 3.05) is 12.4 Å². The Balaban J connectivity index is 1.57. The zero-order chi connectivity index (χ0) is 19.7. The molecule has 28 heavy (non-hydrogen) atoms. The number of nitrogens with one attached hydrogen (secondary N) is 1. The molecule has 5 heteroatoms. The fourth-order valence-electron chi connectivity index (χ4n) is 3.73. The molecule has 5 nitrogen and oxygen atoms in total. The maximum Gasteiger partial charge on any atom is 0.233 e. The number of methoxy groups -OCH3 is 1. The number of anilines is 1. The third kappa shape index (κ3) is 3.20. The van der Waals surface area contributed by atoms with Crippen molar-refractivity contribution in [3.05, 3.63) is 83.2 Å². The Morgan fingerprint density at radius 3 is 2.61 bits per heavy atom. The first kappa shape index (κ1) is 18.0. The number of ether oxygens (including phenoxy) is 1. The summed E-state index contributed by atoms with van der Waals surface area (Å²) < 4.78 is 7.22. The second kappa shape index (κ2) is 7.35. The number of ketones is 1. The van der Waals surface area contributed by atoms with Crippen molar-refractivity contribution < 1.29 is 14.3 Å². The molecule has 4 rings (SSSR count). The van der Waals surface area contributed by atoms with E-state index in [0.717, 1.165) is 16.9 Å². The summed E-state index contributed by atoms with van der Waals surface area (Å²) in [6.45, 7) is 2.61. The fourth-order valence-corrected chi connectivity index (χ4v) is 3.73. The summed E-state index contributed by atoms with van der Waals surface area (Å²) in [6, 6.07) is 18.6. The van der Waals surface area contributed by atoms with E-state index >= 15 is 0 Å². The number of fused-ring (bicyclic) bond motifs is 1. The molecule has 1 aromatic heterocycles. The molecule has 0 fully saturated rings. The second-order valence-corrected chi connectivity index (χ2v) is 7.00. The Kier molecular flexibility index (Phi) is 4.74. The summed E-state index contributed by atoms with van der Waals surface area (Å²) in [6.07, 6.45) is 0.681. The number of aryl methyl sites for hydroxylation is 1. The molecule has 1 N–H and O–H groups in total. The van der Waals surface area contributed by atoms with Crippen molar-refractivity contribution in [2.45, 2.75) is 25.8 Å². The molecular formula is C23H22N2O3. The zero-order valence-electron chi connectivity index (χ0n) is 15.9. The van der Waals surface area contributed by atoms with Gasteiger partial charge in [0.05, 0.1) is 18.7 Å². The number of carbonyl (C=O) groups is 2. The van der Waals surface area contributed by atoms with E-state index in [1.807, 2.05) is 72.2 Å². The highest BCUT2D eigenvalue weighted by Gasteiger charge is 2.32.